The number of sulfonamides is 1. The molecule has 0 spiro atoms. The zero-order valence-electron chi connectivity index (χ0n) is 17.1. The molecule has 0 unspecified atom stereocenters. The van der Waals surface area contributed by atoms with Gasteiger partial charge in [0.05, 0.1) is 23.6 Å². The maximum atomic E-state index is 12.7. The summed E-state index contributed by atoms with van der Waals surface area (Å²) in [7, 11) is -3.48. The maximum Gasteiger partial charge on any atom is 0.258 e. The number of hydrogen-bond donors (Lipinski definition) is 3. The lowest BCUT2D eigenvalue weighted by molar-refractivity contribution is -0.112. The van der Waals surface area contributed by atoms with Crippen LogP contribution in [0.15, 0.2) is 65.3 Å². The molecule has 0 radical (unpaired) electrons. The van der Waals surface area contributed by atoms with Gasteiger partial charge in [0.25, 0.3) is 5.91 Å². The Morgan fingerprint density at radius 1 is 1.16 bits per heavy atom. The summed E-state index contributed by atoms with van der Waals surface area (Å²) < 4.78 is 25.2. The highest BCUT2D eigenvalue weighted by molar-refractivity contribution is 7.92. The second-order valence-corrected chi connectivity index (χ2v) is 9.66. The zero-order valence-corrected chi connectivity index (χ0v) is 18.7. The van der Waals surface area contributed by atoms with E-state index in [-0.39, 0.29) is 22.3 Å². The van der Waals surface area contributed by atoms with Crippen molar-refractivity contribution in [3.8, 4) is 0 Å². The Bertz CT molecular complexity index is 1100. The normalized spacial score (nSPS) is 19.5. The van der Waals surface area contributed by atoms with Crippen LogP contribution in [0.5, 0.6) is 0 Å². The molecular formula is C22H25ClN4O3S. The van der Waals surface area contributed by atoms with Gasteiger partial charge in [-0.1, -0.05) is 48.4 Å². The van der Waals surface area contributed by atoms with Crippen LogP contribution in [0.2, 0.25) is 5.02 Å². The van der Waals surface area contributed by atoms with E-state index >= 15 is 0 Å². The molecule has 4 N–H and O–H groups in total. The van der Waals surface area contributed by atoms with E-state index < -0.39 is 15.9 Å². The van der Waals surface area contributed by atoms with Crippen molar-refractivity contribution in [1.82, 2.24) is 0 Å². The second kappa shape index (κ2) is 9.98. The van der Waals surface area contributed by atoms with Gasteiger partial charge in [-0.3, -0.25) is 14.5 Å². The molecule has 2 atom stereocenters. The van der Waals surface area contributed by atoms with Gasteiger partial charge >= 0.3 is 0 Å². The number of nitrogens with two attached hydrogens (primary N) is 1. The number of nitrogens with zero attached hydrogens (tertiary/aromatic N) is 1. The number of halogens is 1. The van der Waals surface area contributed by atoms with Crippen LogP contribution in [-0.2, 0) is 14.8 Å². The summed E-state index contributed by atoms with van der Waals surface area (Å²) in [6, 6.07) is 14.8. The highest BCUT2D eigenvalue weighted by atomic mass is 35.5. The number of anilines is 2. The van der Waals surface area contributed by atoms with Crippen LogP contribution >= 0.6 is 11.6 Å². The van der Waals surface area contributed by atoms with Gasteiger partial charge in [-0.25, -0.2) is 8.42 Å². The van der Waals surface area contributed by atoms with Crippen LogP contribution in [0.4, 0.5) is 11.4 Å². The largest absolute Gasteiger partial charge is 0.404 e. The van der Waals surface area contributed by atoms with Crippen molar-refractivity contribution in [2.24, 2.45) is 10.7 Å². The van der Waals surface area contributed by atoms with Gasteiger partial charge in [-0.2, -0.15) is 0 Å². The van der Waals surface area contributed by atoms with E-state index in [9.17, 15) is 13.2 Å². The minimum Gasteiger partial charge on any atom is -0.404 e. The van der Waals surface area contributed by atoms with E-state index in [0.717, 1.165) is 25.5 Å². The summed E-state index contributed by atoms with van der Waals surface area (Å²) >= 11 is 6.05. The molecule has 2 aromatic carbocycles. The number of carbonyl (C=O) groups is 1. The third-order valence-corrected chi connectivity index (χ3v) is 5.84. The topological polar surface area (TPSA) is 114 Å². The van der Waals surface area contributed by atoms with Crippen molar-refractivity contribution < 1.29 is 13.2 Å². The van der Waals surface area contributed by atoms with Crippen LogP contribution < -0.4 is 15.8 Å². The third kappa shape index (κ3) is 6.57. The summed E-state index contributed by atoms with van der Waals surface area (Å²) in [5.41, 5.74) is 7.70. The molecule has 31 heavy (non-hydrogen) atoms. The first-order valence-electron chi connectivity index (χ1n) is 9.85. The number of nitrogens with one attached hydrogen (secondary N) is 2. The molecule has 0 bridgehead atoms. The van der Waals surface area contributed by atoms with Crippen LogP contribution in [0.1, 0.15) is 30.7 Å². The lowest BCUT2D eigenvalue weighted by Gasteiger charge is -2.16. The van der Waals surface area contributed by atoms with Crippen molar-refractivity contribution >= 4 is 45.1 Å². The van der Waals surface area contributed by atoms with Gasteiger partial charge in [0.2, 0.25) is 10.0 Å². The van der Waals surface area contributed by atoms with Gasteiger partial charge in [-0.05, 0) is 36.6 Å². The van der Waals surface area contributed by atoms with E-state index in [4.69, 9.17) is 17.3 Å². The summed E-state index contributed by atoms with van der Waals surface area (Å²) in [6.07, 6.45) is 6.81. The molecule has 164 valence electrons. The molecule has 2 aromatic rings. The van der Waals surface area contributed by atoms with Crippen LogP contribution in [0.25, 0.3) is 0 Å². The molecule has 7 nitrogen and oxygen atoms in total. The molecule has 0 aromatic heterocycles. The number of rotatable bonds is 7. The molecule has 0 heterocycles. The molecule has 1 amide bonds. The average Bonchev–Trinajstić information content (AvgIpc) is 3.16. The van der Waals surface area contributed by atoms with Crippen LogP contribution in [0, 0.1) is 0 Å². The second-order valence-electron chi connectivity index (χ2n) is 7.47. The van der Waals surface area contributed by atoms with Crippen LogP contribution in [-0.4, -0.2) is 32.8 Å². The molecule has 1 aliphatic rings. The maximum absolute atomic E-state index is 12.7. The predicted molar refractivity (Wildman–Crippen MR) is 126 cm³/mol. The molecular weight excluding hydrogens is 436 g/mol. The molecule has 0 saturated heterocycles. The number of amides is 1. The van der Waals surface area contributed by atoms with Crippen molar-refractivity contribution in [1.29, 1.82) is 0 Å². The fourth-order valence-electron chi connectivity index (χ4n) is 3.70. The summed E-state index contributed by atoms with van der Waals surface area (Å²) in [5, 5.41) is 2.95. The molecule has 3 rings (SSSR count). The van der Waals surface area contributed by atoms with E-state index in [1.165, 1.54) is 36.2 Å². The average molecular weight is 461 g/mol. The zero-order chi connectivity index (χ0) is 22.4. The fraction of sp³-hybridized carbons (Fsp3) is 0.273. The van der Waals surface area contributed by atoms with Crippen molar-refractivity contribution in [2.75, 3.05) is 16.3 Å². The lowest BCUT2D eigenvalue weighted by atomic mass is 9.94. The first kappa shape index (κ1) is 22.8. The Labute approximate surface area is 187 Å². The minimum atomic E-state index is -3.48. The predicted octanol–water partition coefficient (Wildman–Crippen LogP) is 3.90. The Hall–Kier alpha value is -2.84. The molecule has 9 heteroatoms. The fourth-order valence-corrected chi connectivity index (χ4v) is 4.48. The first-order chi connectivity index (χ1) is 14.7. The molecule has 1 fully saturated rings. The first-order valence-corrected chi connectivity index (χ1v) is 12.1. The van der Waals surface area contributed by atoms with E-state index in [1.807, 2.05) is 18.2 Å². The van der Waals surface area contributed by atoms with Gasteiger partial charge in [0, 0.05) is 29.0 Å². The Morgan fingerprint density at radius 2 is 1.87 bits per heavy atom. The van der Waals surface area contributed by atoms with Gasteiger partial charge in [0.1, 0.15) is 0 Å². The van der Waals surface area contributed by atoms with E-state index in [0.29, 0.717) is 11.6 Å². The quantitative estimate of drug-likeness (QED) is 0.429. The lowest BCUT2D eigenvalue weighted by Crippen LogP contribution is -2.18. The Balaban J connectivity index is 1.71. The van der Waals surface area contributed by atoms with Gasteiger partial charge < -0.3 is 11.1 Å². The Kier molecular flexibility index (Phi) is 7.35. The SMILES string of the molecule is CS(=O)(=O)Nc1cc(Cl)cc(NC(=O)/C(C=N[C@H]2CCC[C@H]2c2ccccc2)=C/N)c1. The Morgan fingerprint density at radius 3 is 2.55 bits per heavy atom. The van der Waals surface area contributed by atoms with Gasteiger partial charge in [-0.15, -0.1) is 0 Å². The summed E-state index contributed by atoms with van der Waals surface area (Å²) in [6.45, 7) is 0. The smallest absolute Gasteiger partial charge is 0.258 e. The minimum absolute atomic E-state index is 0.0851. The number of hydrogen-bond acceptors (Lipinski definition) is 5. The van der Waals surface area contributed by atoms with Crippen LogP contribution in [0.3, 0.4) is 0 Å². The highest BCUT2D eigenvalue weighted by Gasteiger charge is 2.27. The highest BCUT2D eigenvalue weighted by Crippen LogP contribution is 2.36. The van der Waals surface area contributed by atoms with Crippen molar-refractivity contribution in [3.63, 3.8) is 0 Å². The third-order valence-electron chi connectivity index (χ3n) is 5.01. The van der Waals surface area contributed by atoms with E-state index in [1.54, 1.807) is 0 Å². The van der Waals surface area contributed by atoms with Gasteiger partial charge in [0.15, 0.2) is 0 Å². The van der Waals surface area contributed by atoms with E-state index in [2.05, 4.69) is 27.2 Å². The van der Waals surface area contributed by atoms with Crippen molar-refractivity contribution in [3.05, 3.63) is 70.9 Å². The molecule has 0 aliphatic heterocycles. The summed E-state index contributed by atoms with van der Waals surface area (Å²) in [5.74, 6) is -0.148. The monoisotopic (exact) mass is 460 g/mol. The number of aliphatic imine (C=N–C) groups is 1. The molecule has 1 saturated carbocycles. The standard InChI is InChI=1S/C22H25ClN4O3S/c1-31(29,30)27-19-11-17(23)10-18(12-19)26-22(28)16(13-24)14-25-21-9-5-8-20(21)15-6-3-2-4-7-15/h2-4,6-7,10-14,20-21,27H,5,8-9,24H2,1H3,(H,26,28)/b16-13+,25-14?/t20-,21-/m0/s1. The molecule has 1 aliphatic carbocycles. The summed E-state index contributed by atoms with van der Waals surface area (Å²) in [4.78, 5) is 17.3. The number of benzene rings is 2. The van der Waals surface area contributed by atoms with Crippen molar-refractivity contribution in [2.45, 2.75) is 31.2 Å². The number of carbonyl (C=O) groups excluding carboxylic acids is 1.